The number of rotatable bonds is 11. The minimum absolute atomic E-state index is 0.219. The summed E-state index contributed by atoms with van der Waals surface area (Å²) >= 11 is 1.18. The summed E-state index contributed by atoms with van der Waals surface area (Å²) in [6.07, 6.45) is 5.73. The first kappa shape index (κ1) is 27.9. The summed E-state index contributed by atoms with van der Waals surface area (Å²) in [5.74, 6) is -0.916. The molecule has 3 rings (SSSR count). The molecule has 9 nitrogen and oxygen atoms in total. The van der Waals surface area contributed by atoms with Crippen LogP contribution in [0.1, 0.15) is 70.2 Å². The van der Waals surface area contributed by atoms with Gasteiger partial charge in [-0.3, -0.25) is 14.4 Å². The molecule has 2 amide bonds. The summed E-state index contributed by atoms with van der Waals surface area (Å²) in [6.45, 7) is 4.41. The molecule has 0 radical (unpaired) electrons. The number of likely N-dealkylation sites (tertiary alicyclic amines) is 1. The van der Waals surface area contributed by atoms with Crippen molar-refractivity contribution in [3.8, 4) is 6.07 Å². The molecule has 0 saturated carbocycles. The lowest BCUT2D eigenvalue weighted by molar-refractivity contribution is -0.143. The van der Waals surface area contributed by atoms with Crippen LogP contribution in [0, 0.1) is 11.3 Å². The minimum Gasteiger partial charge on any atom is -0.466 e. The van der Waals surface area contributed by atoms with Crippen LogP contribution in [-0.4, -0.2) is 67.2 Å². The zero-order valence-electron chi connectivity index (χ0n) is 21.4. The van der Waals surface area contributed by atoms with Gasteiger partial charge in [-0.2, -0.15) is 5.26 Å². The molecule has 0 bridgehead atoms. The molecule has 0 atom stereocenters. The second-order valence-electron chi connectivity index (χ2n) is 8.76. The van der Waals surface area contributed by atoms with E-state index in [4.69, 9.17) is 4.74 Å². The van der Waals surface area contributed by atoms with Crippen molar-refractivity contribution in [3.05, 3.63) is 51.2 Å². The van der Waals surface area contributed by atoms with Gasteiger partial charge in [-0.25, -0.2) is 4.99 Å². The first-order valence-electron chi connectivity index (χ1n) is 12.5. The highest BCUT2D eigenvalue weighted by Gasteiger charge is 2.25. The Labute approximate surface area is 221 Å². The molecule has 196 valence electrons. The van der Waals surface area contributed by atoms with E-state index in [9.17, 15) is 19.6 Å². The average Bonchev–Trinajstić information content (AvgIpc) is 3.34. The molecule has 2 aromatic rings. The maximum Gasteiger partial charge on any atom is 0.305 e. The summed E-state index contributed by atoms with van der Waals surface area (Å²) in [5, 5.41) is 13.9. The van der Waals surface area contributed by atoms with E-state index in [0.717, 1.165) is 31.5 Å². The first-order valence-corrected chi connectivity index (χ1v) is 13.4. The molecular weight excluding hydrogens is 490 g/mol. The number of nitriles is 1. The number of nitrogens with zero attached hydrogens (tertiary/aromatic N) is 4. The largest absolute Gasteiger partial charge is 0.466 e. The van der Waals surface area contributed by atoms with Gasteiger partial charge < -0.3 is 19.9 Å². The highest BCUT2D eigenvalue weighted by atomic mass is 32.1. The van der Waals surface area contributed by atoms with Gasteiger partial charge in [0.25, 0.3) is 11.8 Å². The lowest BCUT2D eigenvalue weighted by Gasteiger charge is -2.24. The third-order valence-corrected chi connectivity index (χ3v) is 6.94. The maximum absolute atomic E-state index is 13.4. The van der Waals surface area contributed by atoms with Crippen LogP contribution < -0.4 is 5.32 Å². The number of hydrogen-bond donors (Lipinski definition) is 1. The molecule has 1 saturated heterocycles. The van der Waals surface area contributed by atoms with Crippen molar-refractivity contribution in [2.45, 2.75) is 45.6 Å². The first-order chi connectivity index (χ1) is 17.9. The second kappa shape index (κ2) is 14.1. The van der Waals surface area contributed by atoms with Gasteiger partial charge in [0.05, 0.1) is 30.1 Å². The van der Waals surface area contributed by atoms with Crippen LogP contribution >= 0.6 is 11.3 Å². The van der Waals surface area contributed by atoms with Crippen LogP contribution in [0.25, 0.3) is 0 Å². The number of nitrogens with one attached hydrogen (secondary N) is 1. The van der Waals surface area contributed by atoms with Gasteiger partial charge in [0.1, 0.15) is 10.6 Å². The summed E-state index contributed by atoms with van der Waals surface area (Å²) in [4.78, 5) is 46.6. The van der Waals surface area contributed by atoms with Gasteiger partial charge in [-0.05, 0) is 44.2 Å². The van der Waals surface area contributed by atoms with Gasteiger partial charge in [-0.15, -0.1) is 11.3 Å². The van der Waals surface area contributed by atoms with Crippen LogP contribution in [-0.2, 0) is 16.1 Å². The highest BCUT2D eigenvalue weighted by molar-refractivity contribution is 7.13. The number of hydrogen-bond acceptors (Lipinski definition) is 7. The van der Waals surface area contributed by atoms with E-state index in [-0.39, 0.29) is 30.7 Å². The van der Waals surface area contributed by atoms with Gasteiger partial charge in [0.15, 0.2) is 0 Å². The number of carbonyl (C=O) groups excluding carboxylic acids is 3. The minimum atomic E-state index is -0.345. The van der Waals surface area contributed by atoms with E-state index >= 15 is 0 Å². The Morgan fingerprint density at radius 2 is 2.00 bits per heavy atom. The van der Waals surface area contributed by atoms with E-state index in [1.54, 1.807) is 37.8 Å². The fourth-order valence-corrected chi connectivity index (χ4v) is 4.98. The van der Waals surface area contributed by atoms with E-state index in [1.165, 1.54) is 22.7 Å². The smallest absolute Gasteiger partial charge is 0.305 e. The number of amides is 2. The Bertz CT molecular complexity index is 1160. The Morgan fingerprint density at radius 1 is 1.24 bits per heavy atom. The monoisotopic (exact) mass is 523 g/mol. The highest BCUT2D eigenvalue weighted by Crippen LogP contribution is 2.32. The number of ether oxygens (including phenoxy) is 1. The number of esters is 1. The zero-order valence-corrected chi connectivity index (χ0v) is 22.2. The Hall–Kier alpha value is -3.71. The molecule has 1 aliphatic heterocycles. The van der Waals surface area contributed by atoms with Crippen molar-refractivity contribution in [2.24, 2.45) is 4.99 Å². The molecule has 1 N–H and O–H groups in total. The third kappa shape index (κ3) is 7.89. The fourth-order valence-electron chi connectivity index (χ4n) is 4.00. The number of piperidine rings is 1. The summed E-state index contributed by atoms with van der Waals surface area (Å²) in [5.41, 5.74) is 1.92. The molecule has 0 unspecified atom stereocenters. The lowest BCUT2D eigenvalue weighted by atomic mass is 10.1. The molecule has 37 heavy (non-hydrogen) atoms. The maximum atomic E-state index is 13.4. The van der Waals surface area contributed by atoms with Crippen LogP contribution in [0.15, 0.2) is 34.6 Å². The van der Waals surface area contributed by atoms with Crippen molar-refractivity contribution in [1.82, 2.24) is 15.1 Å². The van der Waals surface area contributed by atoms with Gasteiger partial charge in [-0.1, -0.05) is 18.2 Å². The molecule has 1 fully saturated rings. The van der Waals surface area contributed by atoms with E-state index in [1.807, 2.05) is 12.1 Å². The number of thiophene rings is 1. The van der Waals surface area contributed by atoms with Crippen molar-refractivity contribution < 1.29 is 19.1 Å². The van der Waals surface area contributed by atoms with Crippen LogP contribution in [0.3, 0.4) is 0 Å². The van der Waals surface area contributed by atoms with Crippen molar-refractivity contribution in [1.29, 1.82) is 5.26 Å². The van der Waals surface area contributed by atoms with Crippen molar-refractivity contribution in [3.63, 3.8) is 0 Å². The molecule has 1 aliphatic rings. The van der Waals surface area contributed by atoms with E-state index in [0.29, 0.717) is 41.3 Å². The fraction of sp³-hybridized carbons (Fsp3) is 0.444. The lowest BCUT2D eigenvalue weighted by Crippen LogP contribution is -2.29. The molecule has 10 heteroatoms. The average molecular weight is 524 g/mol. The predicted molar refractivity (Wildman–Crippen MR) is 143 cm³/mol. The molecule has 0 aliphatic carbocycles. The van der Waals surface area contributed by atoms with Crippen LogP contribution in [0.4, 0.5) is 5.69 Å². The number of benzene rings is 1. The topological polar surface area (TPSA) is 115 Å². The Balaban J connectivity index is 1.78. The normalized spacial score (nSPS) is 13.3. The standard InChI is InChI=1S/C27H33N5O4S/c1-3-36-23(33)12-9-13-29-26(34)22-18-37-25(24(22)30-19-32-14-7-4-8-15-32)27(35)31(2)17-21-11-6-5-10-20(21)16-28/h5-6,10-11,18-19H,3-4,7-9,12-15,17H2,1-2H3,(H,29,34)/b30-19+. The van der Waals surface area contributed by atoms with Gasteiger partial charge >= 0.3 is 5.97 Å². The van der Waals surface area contributed by atoms with Gasteiger partial charge in [0, 0.05) is 45.0 Å². The van der Waals surface area contributed by atoms with Crippen molar-refractivity contribution >= 4 is 41.1 Å². The number of aliphatic imine (C=N–C) groups is 1. The Morgan fingerprint density at radius 3 is 2.73 bits per heavy atom. The second-order valence-corrected chi connectivity index (χ2v) is 9.64. The molecule has 1 aromatic carbocycles. The van der Waals surface area contributed by atoms with Crippen molar-refractivity contribution in [2.75, 3.05) is 33.3 Å². The number of carbonyl (C=O) groups is 3. The van der Waals surface area contributed by atoms with E-state index < -0.39 is 0 Å². The Kier molecular flexibility index (Phi) is 10.6. The van der Waals surface area contributed by atoms with Crippen LogP contribution in [0.5, 0.6) is 0 Å². The quantitative estimate of drug-likeness (QED) is 0.205. The molecular formula is C27H33N5O4S. The molecule has 1 aromatic heterocycles. The SMILES string of the molecule is CCOC(=O)CCCNC(=O)c1csc(C(=O)N(C)Cc2ccccc2C#N)c1/N=C/N1CCCCC1. The summed E-state index contributed by atoms with van der Waals surface area (Å²) in [7, 11) is 1.67. The van der Waals surface area contributed by atoms with E-state index in [2.05, 4.69) is 21.3 Å². The summed E-state index contributed by atoms with van der Waals surface area (Å²) in [6, 6.07) is 9.32. The van der Waals surface area contributed by atoms with Crippen LogP contribution in [0.2, 0.25) is 0 Å². The zero-order chi connectivity index (χ0) is 26.6. The molecule has 0 spiro atoms. The predicted octanol–water partition coefficient (Wildman–Crippen LogP) is 4.11. The summed E-state index contributed by atoms with van der Waals surface area (Å²) < 4.78 is 4.92. The van der Waals surface area contributed by atoms with Gasteiger partial charge in [0.2, 0.25) is 0 Å². The molecule has 2 heterocycles. The third-order valence-electron chi connectivity index (χ3n) is 5.99.